The molecule has 0 unspecified atom stereocenters. The van der Waals surface area contributed by atoms with Crippen molar-refractivity contribution in [2.24, 2.45) is 0 Å². The molecule has 0 aromatic heterocycles. The first kappa shape index (κ1) is 22.8. The van der Waals surface area contributed by atoms with E-state index in [0.717, 1.165) is 18.4 Å². The Balaban J connectivity index is 1.61. The van der Waals surface area contributed by atoms with Gasteiger partial charge in [0.25, 0.3) is 5.91 Å². The highest BCUT2D eigenvalue weighted by molar-refractivity contribution is 7.89. The van der Waals surface area contributed by atoms with Crippen LogP contribution in [0, 0.1) is 6.92 Å². The second-order valence-electron chi connectivity index (χ2n) is 8.01. The minimum Gasteiger partial charge on any atom is -0.348 e. The van der Waals surface area contributed by atoms with E-state index in [9.17, 15) is 18.0 Å². The van der Waals surface area contributed by atoms with Crippen LogP contribution in [0.3, 0.4) is 0 Å². The summed E-state index contributed by atoms with van der Waals surface area (Å²) in [6, 6.07) is 11.4. The molecule has 0 atom stereocenters. The van der Waals surface area contributed by atoms with Crippen molar-refractivity contribution in [3.8, 4) is 0 Å². The number of nitrogens with one attached hydrogen (secondary N) is 4. The van der Waals surface area contributed by atoms with Gasteiger partial charge in [0.05, 0.1) is 4.90 Å². The van der Waals surface area contributed by atoms with Crippen LogP contribution in [0.1, 0.15) is 48.2 Å². The second kappa shape index (κ2) is 9.49. The van der Waals surface area contributed by atoms with Crippen LogP contribution in [0.5, 0.6) is 0 Å². The molecule has 8 nitrogen and oxygen atoms in total. The topological polar surface area (TPSA) is 116 Å². The number of sulfonamides is 1. The van der Waals surface area contributed by atoms with Crippen molar-refractivity contribution < 1.29 is 18.0 Å². The maximum atomic E-state index is 12.7. The van der Waals surface area contributed by atoms with Crippen molar-refractivity contribution in [1.29, 1.82) is 0 Å². The zero-order valence-corrected chi connectivity index (χ0v) is 18.7. The van der Waals surface area contributed by atoms with Crippen LogP contribution in [0.15, 0.2) is 47.4 Å². The third-order valence-corrected chi connectivity index (χ3v) is 6.27. The van der Waals surface area contributed by atoms with Gasteiger partial charge in [0, 0.05) is 29.9 Å². The summed E-state index contributed by atoms with van der Waals surface area (Å²) in [5, 5.41) is 8.30. The van der Waals surface area contributed by atoms with Crippen molar-refractivity contribution >= 4 is 27.6 Å². The molecule has 4 N–H and O–H groups in total. The van der Waals surface area contributed by atoms with Gasteiger partial charge >= 0.3 is 6.03 Å². The van der Waals surface area contributed by atoms with Gasteiger partial charge in [-0.1, -0.05) is 18.2 Å². The molecule has 1 aliphatic carbocycles. The Labute approximate surface area is 182 Å². The van der Waals surface area contributed by atoms with Crippen LogP contribution < -0.4 is 20.7 Å². The summed E-state index contributed by atoms with van der Waals surface area (Å²) in [6.07, 6.45) is 1.68. The molecule has 31 heavy (non-hydrogen) atoms. The Bertz CT molecular complexity index is 1060. The number of carbonyl (C=O) groups is 2. The molecule has 9 heteroatoms. The Hall–Kier alpha value is -2.91. The largest absolute Gasteiger partial charge is 0.348 e. The smallest absolute Gasteiger partial charge is 0.319 e. The highest BCUT2D eigenvalue weighted by Crippen LogP contribution is 2.23. The van der Waals surface area contributed by atoms with Crippen molar-refractivity contribution in [1.82, 2.24) is 15.4 Å². The molecule has 3 rings (SSSR count). The molecule has 0 aliphatic heterocycles. The number of benzene rings is 2. The number of hydrogen-bond donors (Lipinski definition) is 4. The molecule has 1 fully saturated rings. The van der Waals surface area contributed by atoms with Crippen LogP contribution in [-0.2, 0) is 16.6 Å². The van der Waals surface area contributed by atoms with E-state index in [0.29, 0.717) is 16.8 Å². The fourth-order valence-corrected chi connectivity index (χ4v) is 4.25. The average Bonchev–Trinajstić information content (AvgIpc) is 3.50. The first-order valence-electron chi connectivity index (χ1n) is 10.2. The van der Waals surface area contributed by atoms with Crippen molar-refractivity contribution in [3.05, 3.63) is 59.2 Å². The van der Waals surface area contributed by atoms with Crippen molar-refractivity contribution in [3.63, 3.8) is 0 Å². The minimum absolute atomic E-state index is 0.00232. The first-order chi connectivity index (χ1) is 14.6. The van der Waals surface area contributed by atoms with E-state index in [1.165, 1.54) is 12.1 Å². The fraction of sp³-hybridized carbons (Fsp3) is 0.364. The molecular weight excluding hydrogens is 416 g/mol. The molecule has 0 spiro atoms. The number of carbonyl (C=O) groups excluding carboxylic acids is 2. The number of urea groups is 1. The summed E-state index contributed by atoms with van der Waals surface area (Å²) < 4.78 is 27.5. The van der Waals surface area contributed by atoms with Crippen molar-refractivity contribution in [2.45, 2.75) is 57.1 Å². The lowest BCUT2D eigenvalue weighted by Crippen LogP contribution is -2.34. The summed E-state index contributed by atoms with van der Waals surface area (Å²) in [5.41, 5.74) is 2.51. The quantitative estimate of drug-likeness (QED) is 0.501. The van der Waals surface area contributed by atoms with E-state index in [4.69, 9.17) is 0 Å². The lowest BCUT2D eigenvalue weighted by molar-refractivity contribution is 0.0950. The van der Waals surface area contributed by atoms with Crippen LogP contribution in [0.2, 0.25) is 0 Å². The monoisotopic (exact) mass is 444 g/mol. The van der Waals surface area contributed by atoms with Gasteiger partial charge in [-0.05, 0) is 69.0 Å². The summed E-state index contributed by atoms with van der Waals surface area (Å²) >= 11 is 0. The molecule has 0 heterocycles. The Kier molecular flexibility index (Phi) is 6.97. The predicted molar refractivity (Wildman–Crippen MR) is 119 cm³/mol. The van der Waals surface area contributed by atoms with Crippen LogP contribution >= 0.6 is 0 Å². The highest BCUT2D eigenvalue weighted by Gasteiger charge is 2.28. The van der Waals surface area contributed by atoms with E-state index in [1.807, 2.05) is 13.8 Å². The fourth-order valence-electron chi connectivity index (χ4n) is 2.91. The van der Waals surface area contributed by atoms with E-state index in [-0.39, 0.29) is 35.5 Å². The zero-order chi connectivity index (χ0) is 22.6. The molecule has 2 aromatic carbocycles. The van der Waals surface area contributed by atoms with Crippen LogP contribution in [0.25, 0.3) is 0 Å². The molecule has 1 saturated carbocycles. The Morgan fingerprint density at radius 2 is 1.74 bits per heavy atom. The number of amides is 3. The summed E-state index contributed by atoms with van der Waals surface area (Å²) in [6.45, 7) is 5.79. The molecular formula is C22H28N4O4S. The molecule has 0 bridgehead atoms. The van der Waals surface area contributed by atoms with E-state index in [2.05, 4.69) is 20.7 Å². The van der Waals surface area contributed by atoms with Crippen LogP contribution in [0.4, 0.5) is 10.5 Å². The third kappa shape index (κ3) is 6.53. The standard InChI is InChI=1S/C22H28N4O4S/c1-14(2)24-22(28)25-17-7-5-16(6-8-17)13-23-21(27)20-12-19(11-4-15(20)3)31(29,30)26-18-9-10-18/h4-8,11-12,14,18,26H,9-10,13H2,1-3H3,(H,23,27)(H2,24,25,28). The van der Waals surface area contributed by atoms with E-state index >= 15 is 0 Å². The van der Waals surface area contributed by atoms with Crippen molar-refractivity contribution in [2.75, 3.05) is 5.32 Å². The number of rotatable bonds is 8. The van der Waals surface area contributed by atoms with Gasteiger partial charge in [-0.3, -0.25) is 4.79 Å². The molecule has 0 radical (unpaired) electrons. The van der Waals surface area contributed by atoms with Crippen LogP contribution in [-0.4, -0.2) is 32.4 Å². The summed E-state index contributed by atoms with van der Waals surface area (Å²) in [7, 11) is -3.63. The van der Waals surface area contributed by atoms with Gasteiger partial charge in [-0.15, -0.1) is 0 Å². The summed E-state index contributed by atoms with van der Waals surface area (Å²) in [5.74, 6) is -0.348. The van der Waals surface area contributed by atoms with Gasteiger partial charge in [0.1, 0.15) is 0 Å². The van der Waals surface area contributed by atoms with Gasteiger partial charge in [-0.25, -0.2) is 17.9 Å². The number of aryl methyl sites for hydroxylation is 1. The average molecular weight is 445 g/mol. The maximum absolute atomic E-state index is 12.7. The predicted octanol–water partition coefficient (Wildman–Crippen LogP) is 2.90. The SMILES string of the molecule is Cc1ccc(S(=O)(=O)NC2CC2)cc1C(=O)NCc1ccc(NC(=O)NC(C)C)cc1. The maximum Gasteiger partial charge on any atom is 0.319 e. The van der Waals surface area contributed by atoms with Gasteiger partial charge in [-0.2, -0.15) is 0 Å². The van der Waals surface area contributed by atoms with E-state index in [1.54, 1.807) is 37.3 Å². The normalized spacial score (nSPS) is 13.7. The van der Waals surface area contributed by atoms with Gasteiger partial charge in [0.15, 0.2) is 0 Å². The summed E-state index contributed by atoms with van der Waals surface area (Å²) in [4.78, 5) is 24.5. The lowest BCUT2D eigenvalue weighted by Gasteiger charge is -2.12. The number of anilines is 1. The van der Waals surface area contributed by atoms with Gasteiger partial charge < -0.3 is 16.0 Å². The molecule has 166 valence electrons. The molecule has 1 aliphatic rings. The molecule has 3 amide bonds. The molecule has 2 aromatic rings. The second-order valence-corrected chi connectivity index (χ2v) is 9.72. The molecule has 0 saturated heterocycles. The van der Waals surface area contributed by atoms with E-state index < -0.39 is 10.0 Å². The Morgan fingerprint density at radius 1 is 1.06 bits per heavy atom. The third-order valence-electron chi connectivity index (χ3n) is 4.75. The van der Waals surface area contributed by atoms with Gasteiger partial charge in [0.2, 0.25) is 10.0 Å². The number of hydrogen-bond acceptors (Lipinski definition) is 4. The minimum atomic E-state index is -3.63. The zero-order valence-electron chi connectivity index (χ0n) is 17.9. The first-order valence-corrected chi connectivity index (χ1v) is 11.7. The highest BCUT2D eigenvalue weighted by atomic mass is 32.2. The lowest BCUT2D eigenvalue weighted by atomic mass is 10.1. The Morgan fingerprint density at radius 3 is 2.35 bits per heavy atom.